The Kier molecular flexibility index (Phi) is 11.1. The van der Waals surface area contributed by atoms with Crippen LogP contribution in [0.3, 0.4) is 0 Å². The number of aliphatic hydroxyl groups is 1. The highest BCUT2D eigenvalue weighted by Gasteiger charge is 2.17. The number of allylic oxidation sites excluding steroid dienone is 1. The fourth-order valence-electron chi connectivity index (χ4n) is 3.23. The molecule has 0 aliphatic carbocycles. The van der Waals surface area contributed by atoms with Crippen LogP contribution in [0.2, 0.25) is 0 Å². The number of likely N-dealkylation sites (N-methyl/N-ethyl adjacent to an activating group) is 2. The van der Waals surface area contributed by atoms with E-state index in [-0.39, 0.29) is 0 Å². The molecule has 0 aromatic heterocycles. The molecule has 2 aliphatic rings. The Balaban J connectivity index is 0.000000281. The van der Waals surface area contributed by atoms with Crippen LogP contribution in [0.4, 0.5) is 5.69 Å². The standard InChI is InChI=1S/C12H18N4.C8H16N2.CH4O/c1-14-12(13)16-9-7-15(8-10-16)11-5-3-2-4-6-11;1-4-8-7-9(2)5-6-10(8)3;1-2/h2-6H,7-10H2,1H3,(H2,13,14);4H,5-7H2,1-3H3;2H,1H3/b;8-4-;. The van der Waals surface area contributed by atoms with Gasteiger partial charge in [0, 0.05) is 78.4 Å². The van der Waals surface area contributed by atoms with Gasteiger partial charge in [-0.2, -0.15) is 0 Å². The van der Waals surface area contributed by atoms with Crippen LogP contribution in [0.1, 0.15) is 6.92 Å². The van der Waals surface area contributed by atoms with E-state index < -0.39 is 0 Å². The van der Waals surface area contributed by atoms with Crippen molar-refractivity contribution in [3.63, 3.8) is 0 Å². The number of aliphatic imine (C=N–C) groups is 1. The average Bonchev–Trinajstić information content (AvgIpc) is 2.77. The van der Waals surface area contributed by atoms with Gasteiger partial charge in [-0.15, -0.1) is 0 Å². The molecule has 0 bridgehead atoms. The molecule has 3 rings (SSSR count). The second-order valence-corrected chi connectivity index (χ2v) is 6.83. The Labute approximate surface area is 170 Å². The van der Waals surface area contributed by atoms with Gasteiger partial charge in [-0.05, 0) is 26.1 Å². The van der Waals surface area contributed by atoms with E-state index in [9.17, 15) is 0 Å². The molecule has 1 aromatic rings. The number of hydrogen-bond donors (Lipinski definition) is 2. The van der Waals surface area contributed by atoms with Gasteiger partial charge >= 0.3 is 0 Å². The van der Waals surface area contributed by atoms with E-state index in [0.29, 0.717) is 5.96 Å². The number of hydrogen-bond acceptors (Lipinski definition) is 5. The average molecular weight is 391 g/mol. The van der Waals surface area contributed by atoms with Crippen LogP contribution in [0.25, 0.3) is 0 Å². The number of piperazine rings is 2. The van der Waals surface area contributed by atoms with Crippen molar-refractivity contribution in [2.45, 2.75) is 6.92 Å². The lowest BCUT2D eigenvalue weighted by atomic mass is 10.2. The van der Waals surface area contributed by atoms with Crippen LogP contribution in [0.15, 0.2) is 47.1 Å². The molecule has 0 atom stereocenters. The van der Waals surface area contributed by atoms with Crippen LogP contribution in [0.5, 0.6) is 0 Å². The summed E-state index contributed by atoms with van der Waals surface area (Å²) < 4.78 is 0. The van der Waals surface area contributed by atoms with E-state index in [4.69, 9.17) is 10.8 Å². The molecule has 28 heavy (non-hydrogen) atoms. The fourth-order valence-corrected chi connectivity index (χ4v) is 3.23. The normalized spacial score (nSPS) is 19.6. The van der Waals surface area contributed by atoms with Gasteiger partial charge < -0.3 is 25.5 Å². The highest BCUT2D eigenvalue weighted by Crippen LogP contribution is 2.15. The molecule has 7 heteroatoms. The number of guanidine groups is 1. The van der Waals surface area contributed by atoms with Crippen molar-refractivity contribution in [1.82, 2.24) is 14.7 Å². The molecule has 1 aromatic carbocycles. The molecule has 0 unspecified atom stereocenters. The number of anilines is 1. The Morgan fingerprint density at radius 1 is 1.00 bits per heavy atom. The lowest BCUT2D eigenvalue weighted by Crippen LogP contribution is -2.51. The van der Waals surface area contributed by atoms with E-state index in [1.54, 1.807) is 7.05 Å². The van der Waals surface area contributed by atoms with Gasteiger partial charge in [-0.25, -0.2) is 0 Å². The van der Waals surface area contributed by atoms with Crippen molar-refractivity contribution in [2.24, 2.45) is 10.7 Å². The quantitative estimate of drug-likeness (QED) is 0.553. The second kappa shape index (κ2) is 13.0. The topological polar surface area (TPSA) is 71.6 Å². The molecule has 2 saturated heterocycles. The first-order chi connectivity index (χ1) is 13.5. The molecule has 158 valence electrons. The zero-order valence-corrected chi connectivity index (χ0v) is 18.2. The van der Waals surface area contributed by atoms with Crippen molar-refractivity contribution in [1.29, 1.82) is 0 Å². The summed E-state index contributed by atoms with van der Waals surface area (Å²) >= 11 is 0. The van der Waals surface area contributed by atoms with Gasteiger partial charge in [0.15, 0.2) is 5.96 Å². The maximum atomic E-state index is 7.00. The lowest BCUT2D eigenvalue weighted by molar-refractivity contribution is 0.229. The number of nitrogens with zero attached hydrogens (tertiary/aromatic N) is 5. The van der Waals surface area contributed by atoms with Gasteiger partial charge in [0.05, 0.1) is 0 Å². The fraction of sp³-hybridized carbons (Fsp3) is 0.571. The molecule has 2 heterocycles. The second-order valence-electron chi connectivity index (χ2n) is 6.83. The third-order valence-corrected chi connectivity index (χ3v) is 5.03. The van der Waals surface area contributed by atoms with Crippen LogP contribution in [-0.4, -0.2) is 99.8 Å². The smallest absolute Gasteiger partial charge is 0.191 e. The van der Waals surface area contributed by atoms with Crippen molar-refractivity contribution in [2.75, 3.05) is 79.0 Å². The number of para-hydroxylation sites is 1. The Morgan fingerprint density at radius 3 is 2.11 bits per heavy atom. The third-order valence-electron chi connectivity index (χ3n) is 5.03. The Hall–Kier alpha value is -2.25. The van der Waals surface area contributed by atoms with Crippen LogP contribution < -0.4 is 10.6 Å². The first-order valence-electron chi connectivity index (χ1n) is 9.82. The predicted molar refractivity (Wildman–Crippen MR) is 120 cm³/mol. The molecule has 0 amide bonds. The minimum atomic E-state index is 0.646. The summed E-state index contributed by atoms with van der Waals surface area (Å²) in [6.07, 6.45) is 2.19. The zero-order valence-electron chi connectivity index (χ0n) is 18.2. The molecule has 7 nitrogen and oxygen atoms in total. The largest absolute Gasteiger partial charge is 0.400 e. The summed E-state index contributed by atoms with van der Waals surface area (Å²) in [6, 6.07) is 10.5. The molecular weight excluding hydrogens is 352 g/mol. The maximum absolute atomic E-state index is 7.00. The maximum Gasteiger partial charge on any atom is 0.191 e. The van der Waals surface area contributed by atoms with Crippen LogP contribution >= 0.6 is 0 Å². The summed E-state index contributed by atoms with van der Waals surface area (Å²) in [5.41, 5.74) is 8.51. The first-order valence-corrected chi connectivity index (χ1v) is 9.82. The van der Waals surface area contributed by atoms with Crippen LogP contribution in [-0.2, 0) is 0 Å². The van der Waals surface area contributed by atoms with E-state index >= 15 is 0 Å². The SMILES string of the molecule is C/C=C1/CN(C)CCN1C.CN=C(N)N1CCN(c2ccccc2)CC1.CO. The van der Waals surface area contributed by atoms with Gasteiger partial charge in [0.1, 0.15) is 0 Å². The van der Waals surface area contributed by atoms with E-state index in [1.165, 1.54) is 17.9 Å². The number of nitrogens with two attached hydrogens (primary N) is 1. The van der Waals surface area contributed by atoms with Gasteiger partial charge in [0.25, 0.3) is 0 Å². The van der Waals surface area contributed by atoms with Gasteiger partial charge in [0.2, 0.25) is 0 Å². The first kappa shape index (κ1) is 23.8. The molecule has 2 aliphatic heterocycles. The summed E-state index contributed by atoms with van der Waals surface area (Å²) in [5, 5.41) is 7.00. The van der Waals surface area contributed by atoms with Crippen molar-refractivity contribution < 1.29 is 5.11 Å². The minimum Gasteiger partial charge on any atom is -0.400 e. The van der Waals surface area contributed by atoms with Gasteiger partial charge in [-0.1, -0.05) is 24.3 Å². The molecule has 0 radical (unpaired) electrons. The number of benzene rings is 1. The molecule has 2 fully saturated rings. The van der Waals surface area contributed by atoms with E-state index in [2.05, 4.69) is 76.0 Å². The summed E-state index contributed by atoms with van der Waals surface area (Å²) in [5.74, 6) is 0.646. The number of aliphatic hydroxyl groups excluding tert-OH is 1. The van der Waals surface area contributed by atoms with Crippen molar-refractivity contribution >= 4 is 11.6 Å². The minimum absolute atomic E-state index is 0.646. The van der Waals surface area contributed by atoms with Crippen molar-refractivity contribution in [3.05, 3.63) is 42.1 Å². The van der Waals surface area contributed by atoms with Gasteiger partial charge in [-0.3, -0.25) is 9.89 Å². The molecular formula is C21H38N6O. The monoisotopic (exact) mass is 390 g/mol. The third kappa shape index (κ3) is 7.40. The Bertz CT molecular complexity index is 596. The summed E-state index contributed by atoms with van der Waals surface area (Å²) in [6.45, 7) is 9.44. The predicted octanol–water partition coefficient (Wildman–Crippen LogP) is 1.13. The highest BCUT2D eigenvalue weighted by atomic mass is 16.2. The van der Waals surface area contributed by atoms with E-state index in [0.717, 1.165) is 46.4 Å². The summed E-state index contributed by atoms with van der Waals surface area (Å²) in [4.78, 5) is 13.2. The van der Waals surface area contributed by atoms with Crippen LogP contribution in [0, 0.1) is 0 Å². The lowest BCUT2D eigenvalue weighted by Gasteiger charge is -2.36. The molecule has 0 spiro atoms. The van der Waals surface area contributed by atoms with E-state index in [1.807, 2.05) is 6.07 Å². The summed E-state index contributed by atoms with van der Waals surface area (Å²) in [7, 11) is 7.05. The number of rotatable bonds is 1. The molecule has 0 saturated carbocycles. The highest BCUT2D eigenvalue weighted by molar-refractivity contribution is 5.78. The zero-order chi connectivity index (χ0) is 20.9. The molecule has 3 N–H and O–H groups in total. The van der Waals surface area contributed by atoms with Crippen molar-refractivity contribution in [3.8, 4) is 0 Å². The Morgan fingerprint density at radius 2 is 1.61 bits per heavy atom.